The Labute approximate surface area is 135 Å². The number of aliphatic imine (C=N–C) groups is 1. The van der Waals surface area contributed by atoms with Crippen molar-refractivity contribution in [2.75, 3.05) is 5.43 Å². The lowest BCUT2D eigenvalue weighted by Gasteiger charge is -2.09. The predicted molar refractivity (Wildman–Crippen MR) is 92.4 cm³/mol. The maximum atomic E-state index is 8.21. The van der Waals surface area contributed by atoms with E-state index in [4.69, 9.17) is 11.1 Å². The zero-order valence-electron chi connectivity index (χ0n) is 13.3. The fourth-order valence-corrected chi connectivity index (χ4v) is 1.99. The Bertz CT molecular complexity index is 793. The summed E-state index contributed by atoms with van der Waals surface area (Å²) in [7, 11) is 0. The molecular formula is C16H21N7. The molecule has 0 aliphatic carbocycles. The Morgan fingerprint density at radius 3 is 2.96 bits per heavy atom. The van der Waals surface area contributed by atoms with Crippen LogP contribution < -0.4 is 16.8 Å². The molecule has 4 N–H and O–H groups in total. The summed E-state index contributed by atoms with van der Waals surface area (Å²) in [5, 5.41) is 12.4. The normalized spacial score (nSPS) is 12.3. The van der Waals surface area contributed by atoms with Gasteiger partial charge in [0.15, 0.2) is 0 Å². The van der Waals surface area contributed by atoms with E-state index in [1.54, 1.807) is 11.0 Å². The van der Waals surface area contributed by atoms with Gasteiger partial charge in [-0.15, -0.1) is 0 Å². The quantitative estimate of drug-likeness (QED) is 0.433. The summed E-state index contributed by atoms with van der Waals surface area (Å²) in [6.45, 7) is 4.53. The van der Waals surface area contributed by atoms with E-state index in [2.05, 4.69) is 15.5 Å². The van der Waals surface area contributed by atoms with Crippen molar-refractivity contribution in [2.24, 2.45) is 10.7 Å². The van der Waals surface area contributed by atoms with Crippen molar-refractivity contribution < 1.29 is 0 Å². The standard InChI is InChI=1S/C16H21N7/c1-3-4-7-13(2)10-22-16(18)23(12-20-22)21-15-9-6-5-8-14(15)19-11-17/h3-9,11-12,18,21H,10H2,1-2H3,(H2,17,19)/b4-3-,13-7+,18-16?. The largest absolute Gasteiger partial charge is 0.390 e. The zero-order chi connectivity index (χ0) is 16.7. The Morgan fingerprint density at radius 1 is 1.43 bits per heavy atom. The van der Waals surface area contributed by atoms with Gasteiger partial charge in [0, 0.05) is 0 Å². The molecule has 0 aliphatic rings. The second-order valence-corrected chi connectivity index (χ2v) is 4.93. The van der Waals surface area contributed by atoms with Gasteiger partial charge in [0.1, 0.15) is 6.33 Å². The van der Waals surface area contributed by atoms with Crippen molar-refractivity contribution in [1.82, 2.24) is 14.5 Å². The number of hydrogen-bond acceptors (Lipinski definition) is 4. The number of rotatable bonds is 6. The number of anilines is 1. The van der Waals surface area contributed by atoms with Crippen LogP contribution in [0.15, 0.2) is 59.4 Å². The van der Waals surface area contributed by atoms with E-state index in [-0.39, 0.29) is 5.62 Å². The van der Waals surface area contributed by atoms with Crippen molar-refractivity contribution >= 4 is 17.7 Å². The lowest BCUT2D eigenvalue weighted by atomic mass is 10.3. The summed E-state index contributed by atoms with van der Waals surface area (Å²) < 4.78 is 3.14. The molecule has 0 unspecified atom stereocenters. The van der Waals surface area contributed by atoms with Crippen LogP contribution in [0.2, 0.25) is 0 Å². The van der Waals surface area contributed by atoms with Gasteiger partial charge in [0.05, 0.1) is 24.3 Å². The Kier molecular flexibility index (Phi) is 5.51. The molecule has 7 nitrogen and oxygen atoms in total. The Morgan fingerprint density at radius 2 is 2.22 bits per heavy atom. The third-order valence-electron chi connectivity index (χ3n) is 3.11. The number of para-hydroxylation sites is 2. The first-order valence-corrected chi connectivity index (χ1v) is 7.23. The number of hydrogen-bond donors (Lipinski definition) is 3. The van der Waals surface area contributed by atoms with Gasteiger partial charge in [-0.1, -0.05) is 35.9 Å². The number of aromatic nitrogens is 3. The van der Waals surface area contributed by atoms with Gasteiger partial charge in [-0.2, -0.15) is 5.10 Å². The molecule has 0 bridgehead atoms. The Balaban J connectivity index is 2.22. The summed E-state index contributed by atoms with van der Waals surface area (Å²) in [6.07, 6.45) is 8.74. The van der Waals surface area contributed by atoms with Crippen molar-refractivity contribution in [3.63, 3.8) is 0 Å². The van der Waals surface area contributed by atoms with E-state index in [1.165, 1.54) is 11.0 Å². The average Bonchev–Trinajstić information content (AvgIpc) is 2.88. The van der Waals surface area contributed by atoms with E-state index in [9.17, 15) is 0 Å². The van der Waals surface area contributed by atoms with Crippen LogP contribution in [0, 0.1) is 5.41 Å². The van der Waals surface area contributed by atoms with Crippen molar-refractivity contribution in [2.45, 2.75) is 20.4 Å². The van der Waals surface area contributed by atoms with Gasteiger partial charge in [-0.3, -0.25) is 10.8 Å². The van der Waals surface area contributed by atoms with Crippen molar-refractivity contribution in [3.8, 4) is 0 Å². The molecule has 1 aromatic heterocycles. The molecule has 0 saturated carbocycles. The van der Waals surface area contributed by atoms with Crippen LogP contribution in [-0.2, 0) is 6.54 Å². The Hall–Kier alpha value is -3.09. The number of benzene rings is 1. The number of allylic oxidation sites excluding steroid dienone is 4. The second kappa shape index (κ2) is 7.79. The van der Waals surface area contributed by atoms with Crippen LogP contribution in [0.5, 0.6) is 0 Å². The molecule has 0 saturated heterocycles. The molecule has 2 aromatic rings. The molecule has 0 atom stereocenters. The molecule has 7 heteroatoms. The van der Waals surface area contributed by atoms with Gasteiger partial charge in [0.25, 0.3) is 0 Å². The van der Waals surface area contributed by atoms with E-state index in [0.29, 0.717) is 12.2 Å². The summed E-state index contributed by atoms with van der Waals surface area (Å²) in [5.74, 6) is 0. The first-order valence-electron chi connectivity index (χ1n) is 7.23. The molecule has 120 valence electrons. The monoisotopic (exact) mass is 311 g/mol. The highest BCUT2D eigenvalue weighted by atomic mass is 15.5. The van der Waals surface area contributed by atoms with Crippen molar-refractivity contribution in [3.05, 3.63) is 60.0 Å². The lowest BCUT2D eigenvalue weighted by Crippen LogP contribution is -2.29. The van der Waals surface area contributed by atoms with Crippen LogP contribution in [0.4, 0.5) is 11.4 Å². The highest BCUT2D eigenvalue weighted by molar-refractivity contribution is 5.70. The van der Waals surface area contributed by atoms with E-state index in [1.807, 2.05) is 56.3 Å². The molecule has 23 heavy (non-hydrogen) atoms. The topological polar surface area (TPSA) is 97.0 Å². The van der Waals surface area contributed by atoms with Gasteiger partial charge >= 0.3 is 0 Å². The molecule has 0 amide bonds. The molecule has 2 rings (SSSR count). The van der Waals surface area contributed by atoms with Crippen LogP contribution in [0.3, 0.4) is 0 Å². The van der Waals surface area contributed by atoms with E-state index in [0.717, 1.165) is 11.3 Å². The summed E-state index contributed by atoms with van der Waals surface area (Å²) in [5.41, 5.74) is 11.3. The highest BCUT2D eigenvalue weighted by Gasteiger charge is 2.05. The molecule has 1 heterocycles. The fraction of sp³-hybridized carbons (Fsp3) is 0.188. The van der Waals surface area contributed by atoms with Gasteiger partial charge in [-0.05, 0) is 26.0 Å². The third-order valence-corrected chi connectivity index (χ3v) is 3.11. The van der Waals surface area contributed by atoms with Gasteiger partial charge in [0.2, 0.25) is 5.62 Å². The van der Waals surface area contributed by atoms with Gasteiger partial charge < -0.3 is 5.73 Å². The predicted octanol–water partition coefficient (Wildman–Crippen LogP) is 2.18. The second-order valence-electron chi connectivity index (χ2n) is 4.93. The SMILES string of the molecule is C/C=C\C=C(/C)Cn1ncn(Nc2ccccc2N=CN)c1=N. The maximum Gasteiger partial charge on any atom is 0.239 e. The van der Waals surface area contributed by atoms with Crippen LogP contribution >= 0.6 is 0 Å². The summed E-state index contributed by atoms with van der Waals surface area (Å²) >= 11 is 0. The maximum absolute atomic E-state index is 8.21. The minimum Gasteiger partial charge on any atom is -0.390 e. The smallest absolute Gasteiger partial charge is 0.239 e. The lowest BCUT2D eigenvalue weighted by molar-refractivity contribution is 0.617. The first kappa shape index (κ1) is 16.3. The summed E-state index contributed by atoms with van der Waals surface area (Å²) in [4.78, 5) is 4.09. The van der Waals surface area contributed by atoms with Crippen LogP contribution in [0.1, 0.15) is 13.8 Å². The molecular weight excluding hydrogens is 290 g/mol. The van der Waals surface area contributed by atoms with Crippen molar-refractivity contribution in [1.29, 1.82) is 5.41 Å². The molecule has 0 aliphatic heterocycles. The minimum absolute atomic E-state index is 0.241. The minimum atomic E-state index is 0.241. The first-order chi connectivity index (χ1) is 11.2. The van der Waals surface area contributed by atoms with Crippen LogP contribution in [0.25, 0.3) is 0 Å². The molecule has 0 radical (unpaired) electrons. The number of nitrogens with zero attached hydrogens (tertiary/aromatic N) is 4. The number of nitrogens with one attached hydrogen (secondary N) is 2. The molecule has 0 fully saturated rings. The molecule has 0 spiro atoms. The fourth-order valence-electron chi connectivity index (χ4n) is 1.99. The highest BCUT2D eigenvalue weighted by Crippen LogP contribution is 2.23. The third kappa shape index (κ3) is 4.19. The zero-order valence-corrected chi connectivity index (χ0v) is 13.3. The molecule has 1 aromatic carbocycles. The average molecular weight is 311 g/mol. The van der Waals surface area contributed by atoms with E-state index < -0.39 is 0 Å². The van der Waals surface area contributed by atoms with Gasteiger partial charge in [-0.25, -0.2) is 14.4 Å². The van der Waals surface area contributed by atoms with Crippen LogP contribution in [-0.4, -0.2) is 20.8 Å². The van der Waals surface area contributed by atoms with E-state index >= 15 is 0 Å². The summed E-state index contributed by atoms with van der Waals surface area (Å²) in [6, 6.07) is 7.46. The number of nitrogens with two attached hydrogens (primary N) is 1.